The van der Waals surface area contributed by atoms with E-state index in [4.69, 9.17) is 18.5 Å². The van der Waals surface area contributed by atoms with E-state index in [1.165, 1.54) is 148 Å². The Morgan fingerprint density at radius 3 is 1.29 bits per heavy atom. The van der Waals surface area contributed by atoms with Crippen LogP contribution in [0.5, 0.6) is 0 Å². The molecule has 304 valence electrons. The third kappa shape index (κ3) is 38.5. The Morgan fingerprint density at radius 1 is 0.529 bits per heavy atom. The number of esters is 2. The highest BCUT2D eigenvalue weighted by molar-refractivity contribution is 7.45. The van der Waals surface area contributed by atoms with Crippen molar-refractivity contribution in [1.82, 2.24) is 0 Å². The highest BCUT2D eigenvalue weighted by Gasteiger charge is 2.21. The summed E-state index contributed by atoms with van der Waals surface area (Å²) in [5.74, 6) is -0.885. The van der Waals surface area contributed by atoms with E-state index in [-0.39, 0.29) is 32.0 Å². The predicted molar refractivity (Wildman–Crippen MR) is 208 cm³/mol. The topological polar surface area (TPSA) is 111 Å². The van der Waals surface area contributed by atoms with Crippen LogP contribution in [-0.4, -0.2) is 70.0 Å². The van der Waals surface area contributed by atoms with Crippen molar-refractivity contribution in [3.05, 3.63) is 0 Å². The minimum atomic E-state index is -4.59. The Hall–Kier alpha value is -0.990. The summed E-state index contributed by atoms with van der Waals surface area (Å²) in [6, 6.07) is 0. The molecule has 0 aromatic heterocycles. The number of hydrogen-bond donors (Lipinski definition) is 0. The molecule has 0 rings (SSSR count). The van der Waals surface area contributed by atoms with Gasteiger partial charge in [-0.15, -0.1) is 0 Å². The molecule has 10 heteroatoms. The van der Waals surface area contributed by atoms with Gasteiger partial charge in [0.05, 0.1) is 27.7 Å². The molecule has 0 fully saturated rings. The predicted octanol–water partition coefficient (Wildman–Crippen LogP) is 11.0. The van der Waals surface area contributed by atoms with Crippen molar-refractivity contribution in [2.24, 2.45) is 0 Å². The molecule has 0 saturated heterocycles. The maximum atomic E-state index is 12.3. The van der Waals surface area contributed by atoms with Crippen molar-refractivity contribution in [2.45, 2.75) is 206 Å². The third-order valence-electron chi connectivity index (χ3n) is 9.35. The number of phosphoric acid groups is 1. The van der Waals surface area contributed by atoms with Crippen LogP contribution in [-0.2, 0) is 32.7 Å². The zero-order valence-electron chi connectivity index (χ0n) is 34.1. The van der Waals surface area contributed by atoms with Gasteiger partial charge in [0.15, 0.2) is 6.10 Å². The molecule has 0 radical (unpaired) electrons. The highest BCUT2D eigenvalue weighted by atomic mass is 31.2. The first kappa shape index (κ1) is 50.0. The van der Waals surface area contributed by atoms with E-state index in [0.717, 1.165) is 19.3 Å². The summed E-state index contributed by atoms with van der Waals surface area (Å²) in [7, 11) is 1.17. The Labute approximate surface area is 314 Å². The minimum Gasteiger partial charge on any atom is -0.756 e. The van der Waals surface area contributed by atoms with E-state index in [2.05, 4.69) is 6.92 Å². The number of unbranched alkanes of at least 4 members (excludes halogenated alkanes) is 25. The van der Waals surface area contributed by atoms with Crippen LogP contribution in [0.4, 0.5) is 0 Å². The molecule has 0 bridgehead atoms. The lowest BCUT2D eigenvalue weighted by molar-refractivity contribution is -0.870. The van der Waals surface area contributed by atoms with Crippen molar-refractivity contribution in [3.8, 4) is 0 Å². The van der Waals surface area contributed by atoms with Crippen LogP contribution in [0, 0.1) is 0 Å². The molecule has 0 aliphatic heterocycles. The van der Waals surface area contributed by atoms with Crippen molar-refractivity contribution in [2.75, 3.05) is 47.5 Å². The van der Waals surface area contributed by atoms with Gasteiger partial charge in [-0.3, -0.25) is 14.2 Å². The second-order valence-electron chi connectivity index (χ2n) is 15.7. The van der Waals surface area contributed by atoms with Gasteiger partial charge >= 0.3 is 11.9 Å². The second-order valence-corrected chi connectivity index (χ2v) is 17.1. The number of hydrogen-bond acceptors (Lipinski definition) is 8. The minimum absolute atomic E-state index is 0.0286. The van der Waals surface area contributed by atoms with E-state index in [1.54, 1.807) is 0 Å². The van der Waals surface area contributed by atoms with Gasteiger partial charge in [-0.25, -0.2) is 0 Å². The SMILES string of the molecule is CCCCCCCCCCCCCCCCCCCCCCCCCCCCC(=O)OC[C@H](COP(=O)([O-])OCC[N+](C)(C)C)OC(=O)CCC. The fraction of sp³-hybridized carbons (Fsp3) is 0.951. The molecule has 2 atom stereocenters. The Kier molecular flexibility index (Phi) is 34.1. The monoisotopic (exact) mass is 748 g/mol. The molecule has 1 unspecified atom stereocenters. The van der Waals surface area contributed by atoms with Gasteiger partial charge in [-0.05, 0) is 12.8 Å². The standard InChI is InChI=1S/C41H82NO8P/c1-6-8-9-10-11-12-13-14-15-16-17-18-19-20-21-22-23-24-25-26-27-28-29-30-31-32-34-40(43)47-37-39(50-41(44)33-7-2)38-49-51(45,46)48-36-35-42(3,4)5/h39H,6-38H2,1-5H3/t39-/m1/s1. The first-order valence-electron chi connectivity index (χ1n) is 21.2. The number of carbonyl (C=O) groups is 2. The lowest BCUT2D eigenvalue weighted by atomic mass is 10.0. The molecule has 0 aliphatic carbocycles. The molecular weight excluding hydrogens is 665 g/mol. The van der Waals surface area contributed by atoms with Gasteiger partial charge in [0.1, 0.15) is 19.8 Å². The number of ether oxygens (including phenoxy) is 2. The smallest absolute Gasteiger partial charge is 0.306 e. The largest absolute Gasteiger partial charge is 0.756 e. The summed E-state index contributed by atoms with van der Waals surface area (Å²) in [5, 5.41) is 0. The fourth-order valence-corrected chi connectivity index (χ4v) is 6.78. The van der Waals surface area contributed by atoms with E-state index in [1.807, 2.05) is 28.1 Å². The number of carbonyl (C=O) groups excluding carboxylic acids is 2. The summed E-state index contributed by atoms with van der Waals surface area (Å²) in [4.78, 5) is 36.4. The molecule has 0 N–H and O–H groups in total. The van der Waals surface area contributed by atoms with Crippen molar-refractivity contribution in [1.29, 1.82) is 0 Å². The van der Waals surface area contributed by atoms with E-state index in [0.29, 0.717) is 17.4 Å². The first-order valence-corrected chi connectivity index (χ1v) is 22.7. The van der Waals surface area contributed by atoms with Gasteiger partial charge in [0.2, 0.25) is 0 Å². The second kappa shape index (κ2) is 34.8. The van der Waals surface area contributed by atoms with Crippen LogP contribution in [0.3, 0.4) is 0 Å². The van der Waals surface area contributed by atoms with E-state index >= 15 is 0 Å². The summed E-state index contributed by atoms with van der Waals surface area (Å²) in [6.07, 6.45) is 34.8. The molecule has 51 heavy (non-hydrogen) atoms. The maximum absolute atomic E-state index is 12.3. The maximum Gasteiger partial charge on any atom is 0.306 e. The van der Waals surface area contributed by atoms with Crippen LogP contribution in [0.1, 0.15) is 200 Å². The number of rotatable bonds is 39. The Morgan fingerprint density at radius 2 is 0.922 bits per heavy atom. The zero-order chi connectivity index (χ0) is 37.9. The lowest BCUT2D eigenvalue weighted by Crippen LogP contribution is -2.37. The average molecular weight is 748 g/mol. The molecule has 0 aromatic rings. The molecule has 0 heterocycles. The van der Waals surface area contributed by atoms with Crippen LogP contribution >= 0.6 is 7.82 Å². The van der Waals surface area contributed by atoms with Crippen LogP contribution in [0.2, 0.25) is 0 Å². The van der Waals surface area contributed by atoms with Crippen LogP contribution in [0.25, 0.3) is 0 Å². The molecule has 0 amide bonds. The highest BCUT2D eigenvalue weighted by Crippen LogP contribution is 2.38. The van der Waals surface area contributed by atoms with Gasteiger partial charge in [-0.2, -0.15) is 0 Å². The van der Waals surface area contributed by atoms with E-state index < -0.39 is 26.5 Å². The fourth-order valence-electron chi connectivity index (χ4n) is 6.05. The van der Waals surface area contributed by atoms with Gasteiger partial charge in [-0.1, -0.05) is 174 Å². The van der Waals surface area contributed by atoms with Gasteiger partial charge in [0, 0.05) is 12.8 Å². The van der Waals surface area contributed by atoms with Gasteiger partial charge < -0.3 is 27.9 Å². The molecule has 0 saturated carbocycles. The van der Waals surface area contributed by atoms with Crippen molar-refractivity contribution < 1.29 is 42.1 Å². The molecule has 9 nitrogen and oxygen atoms in total. The summed E-state index contributed by atoms with van der Waals surface area (Å²) < 4.78 is 33.1. The van der Waals surface area contributed by atoms with Crippen LogP contribution < -0.4 is 4.89 Å². The Balaban J connectivity index is 3.70. The van der Waals surface area contributed by atoms with Crippen molar-refractivity contribution in [3.63, 3.8) is 0 Å². The molecule has 0 aromatic carbocycles. The van der Waals surface area contributed by atoms with Crippen LogP contribution in [0.15, 0.2) is 0 Å². The number of quaternary nitrogens is 1. The van der Waals surface area contributed by atoms with Crippen molar-refractivity contribution >= 4 is 19.8 Å². The molecule has 0 aliphatic rings. The number of likely N-dealkylation sites (N-methyl/N-ethyl adjacent to an activating group) is 1. The quantitative estimate of drug-likeness (QED) is 0.0264. The first-order chi connectivity index (χ1) is 24.5. The molecular formula is C41H82NO8P. The van der Waals surface area contributed by atoms with Gasteiger partial charge in [0.25, 0.3) is 7.82 Å². The lowest BCUT2D eigenvalue weighted by Gasteiger charge is -2.28. The number of phosphoric ester groups is 1. The zero-order valence-corrected chi connectivity index (χ0v) is 35.0. The summed E-state index contributed by atoms with van der Waals surface area (Å²) in [6.45, 7) is 3.85. The third-order valence-corrected chi connectivity index (χ3v) is 10.3. The normalized spacial score (nSPS) is 13.6. The summed E-state index contributed by atoms with van der Waals surface area (Å²) >= 11 is 0. The summed E-state index contributed by atoms with van der Waals surface area (Å²) in [5.41, 5.74) is 0. The van der Waals surface area contributed by atoms with E-state index in [9.17, 15) is 19.0 Å². The average Bonchev–Trinajstić information content (AvgIpc) is 3.07. The molecule has 0 spiro atoms. The Bertz CT molecular complexity index is 850. The number of nitrogens with zero attached hydrogens (tertiary/aromatic N) is 1.